The molecule has 26 heavy (non-hydrogen) atoms. The van der Waals surface area contributed by atoms with Gasteiger partial charge in [-0.25, -0.2) is 0 Å². The number of aromatic nitrogens is 4. The van der Waals surface area contributed by atoms with Crippen LogP contribution in [0.1, 0.15) is 45.9 Å². The standard InChI is InChI=1S/C19H30N6O/c1-19(2,3)18-21-20-16-8-9-17(22-25(16)18)24-11-14(12-24)23(4)13-15-7-5-6-10-26-15/h8-9,14-15H,5-7,10-13H2,1-4H3. The van der Waals surface area contributed by atoms with Crippen molar-refractivity contribution >= 4 is 11.5 Å². The Kier molecular flexibility index (Phi) is 4.61. The van der Waals surface area contributed by atoms with Gasteiger partial charge in [-0.3, -0.25) is 4.90 Å². The molecule has 0 saturated carbocycles. The van der Waals surface area contributed by atoms with Crippen molar-refractivity contribution < 1.29 is 4.74 Å². The van der Waals surface area contributed by atoms with Crippen molar-refractivity contribution in [2.24, 2.45) is 0 Å². The van der Waals surface area contributed by atoms with Crippen LogP contribution in [0, 0.1) is 0 Å². The first-order chi connectivity index (χ1) is 12.4. The van der Waals surface area contributed by atoms with E-state index in [1.54, 1.807) is 0 Å². The first kappa shape index (κ1) is 17.7. The predicted octanol–water partition coefficient (Wildman–Crippen LogP) is 2.11. The van der Waals surface area contributed by atoms with Crippen LogP contribution in [0.2, 0.25) is 0 Å². The second kappa shape index (κ2) is 6.78. The van der Waals surface area contributed by atoms with Gasteiger partial charge in [-0.15, -0.1) is 15.3 Å². The van der Waals surface area contributed by atoms with Gasteiger partial charge in [0.1, 0.15) is 5.82 Å². The van der Waals surface area contributed by atoms with E-state index in [4.69, 9.17) is 9.84 Å². The van der Waals surface area contributed by atoms with Crippen LogP contribution < -0.4 is 4.90 Å². The Morgan fingerprint density at radius 1 is 1.19 bits per heavy atom. The summed E-state index contributed by atoms with van der Waals surface area (Å²) in [5, 5.41) is 13.4. The molecule has 0 N–H and O–H groups in total. The van der Waals surface area contributed by atoms with Gasteiger partial charge in [-0.2, -0.15) is 4.52 Å². The van der Waals surface area contributed by atoms with Crippen molar-refractivity contribution in [1.29, 1.82) is 0 Å². The Bertz CT molecular complexity index is 755. The van der Waals surface area contributed by atoms with E-state index in [0.29, 0.717) is 12.1 Å². The van der Waals surface area contributed by atoms with Crippen molar-refractivity contribution in [3.05, 3.63) is 18.0 Å². The Hall–Kier alpha value is -1.73. The summed E-state index contributed by atoms with van der Waals surface area (Å²) in [6.07, 6.45) is 4.12. The minimum atomic E-state index is -0.0806. The minimum Gasteiger partial charge on any atom is -0.377 e. The molecule has 2 fully saturated rings. The van der Waals surface area contributed by atoms with Crippen LogP contribution in [0.5, 0.6) is 0 Å². The quantitative estimate of drug-likeness (QED) is 0.834. The fourth-order valence-corrected chi connectivity index (χ4v) is 3.76. The van der Waals surface area contributed by atoms with Crippen molar-refractivity contribution in [3.63, 3.8) is 0 Å². The molecule has 0 bridgehead atoms. The number of rotatable bonds is 4. The molecule has 2 aliphatic heterocycles. The second-order valence-corrected chi connectivity index (χ2v) is 8.72. The molecular weight excluding hydrogens is 328 g/mol. The fourth-order valence-electron chi connectivity index (χ4n) is 3.76. The number of hydrogen-bond acceptors (Lipinski definition) is 6. The van der Waals surface area contributed by atoms with E-state index in [2.05, 4.69) is 53.9 Å². The summed E-state index contributed by atoms with van der Waals surface area (Å²) in [5.74, 6) is 1.90. The van der Waals surface area contributed by atoms with Gasteiger partial charge in [0.25, 0.3) is 0 Å². The molecule has 7 heteroatoms. The third kappa shape index (κ3) is 3.42. The number of anilines is 1. The van der Waals surface area contributed by atoms with Crippen LogP contribution in [0.25, 0.3) is 5.65 Å². The van der Waals surface area contributed by atoms with E-state index in [9.17, 15) is 0 Å². The van der Waals surface area contributed by atoms with Gasteiger partial charge in [-0.1, -0.05) is 20.8 Å². The third-order valence-corrected chi connectivity index (χ3v) is 5.49. The molecule has 4 rings (SSSR count). The van der Waals surface area contributed by atoms with Gasteiger partial charge in [0.2, 0.25) is 0 Å². The van der Waals surface area contributed by atoms with E-state index in [1.807, 2.05) is 10.6 Å². The topological polar surface area (TPSA) is 58.8 Å². The highest BCUT2D eigenvalue weighted by molar-refractivity contribution is 5.48. The lowest BCUT2D eigenvalue weighted by Gasteiger charge is -2.45. The summed E-state index contributed by atoms with van der Waals surface area (Å²) in [7, 11) is 2.22. The highest BCUT2D eigenvalue weighted by Crippen LogP contribution is 2.25. The Balaban J connectivity index is 1.40. The molecule has 2 aromatic rings. The van der Waals surface area contributed by atoms with E-state index in [1.165, 1.54) is 19.3 Å². The van der Waals surface area contributed by atoms with E-state index < -0.39 is 0 Å². The van der Waals surface area contributed by atoms with Crippen LogP contribution in [0.4, 0.5) is 5.82 Å². The smallest absolute Gasteiger partial charge is 0.178 e. The van der Waals surface area contributed by atoms with Gasteiger partial charge in [0.15, 0.2) is 11.5 Å². The molecule has 2 saturated heterocycles. The zero-order valence-electron chi connectivity index (χ0n) is 16.4. The second-order valence-electron chi connectivity index (χ2n) is 8.72. The minimum absolute atomic E-state index is 0.0806. The molecule has 2 aromatic heterocycles. The summed E-state index contributed by atoms with van der Waals surface area (Å²) in [4.78, 5) is 4.78. The zero-order valence-corrected chi connectivity index (χ0v) is 16.4. The van der Waals surface area contributed by atoms with Gasteiger partial charge in [0, 0.05) is 37.7 Å². The number of nitrogens with zero attached hydrogens (tertiary/aromatic N) is 6. The van der Waals surface area contributed by atoms with Crippen molar-refractivity contribution in [3.8, 4) is 0 Å². The first-order valence-electron chi connectivity index (χ1n) is 9.71. The molecule has 4 heterocycles. The average Bonchev–Trinajstić information content (AvgIpc) is 2.98. The maximum atomic E-state index is 5.88. The van der Waals surface area contributed by atoms with E-state index in [0.717, 1.165) is 43.5 Å². The third-order valence-electron chi connectivity index (χ3n) is 5.49. The lowest BCUT2D eigenvalue weighted by Crippen LogP contribution is -2.60. The van der Waals surface area contributed by atoms with Crippen molar-refractivity contribution in [2.45, 2.75) is 57.6 Å². The van der Waals surface area contributed by atoms with Crippen molar-refractivity contribution in [1.82, 2.24) is 24.7 Å². The Morgan fingerprint density at radius 2 is 2.00 bits per heavy atom. The van der Waals surface area contributed by atoms with Gasteiger partial charge < -0.3 is 9.64 Å². The van der Waals surface area contributed by atoms with Crippen LogP contribution >= 0.6 is 0 Å². The van der Waals surface area contributed by atoms with E-state index in [-0.39, 0.29) is 5.41 Å². The number of likely N-dealkylation sites (N-methyl/N-ethyl adjacent to an activating group) is 1. The Labute approximate surface area is 155 Å². The lowest BCUT2D eigenvalue weighted by molar-refractivity contribution is -0.0102. The van der Waals surface area contributed by atoms with Gasteiger partial charge in [0.05, 0.1) is 6.10 Å². The van der Waals surface area contributed by atoms with Crippen LogP contribution in [0.3, 0.4) is 0 Å². The Morgan fingerprint density at radius 3 is 2.69 bits per heavy atom. The maximum absolute atomic E-state index is 5.88. The van der Waals surface area contributed by atoms with E-state index >= 15 is 0 Å². The molecule has 2 aliphatic rings. The summed E-state index contributed by atoms with van der Waals surface area (Å²) in [5.41, 5.74) is 0.727. The SMILES string of the molecule is CN(CC1CCCCO1)C1CN(c2ccc3nnc(C(C)(C)C)n3n2)C1. The molecule has 0 spiro atoms. The van der Waals surface area contributed by atoms with Crippen LogP contribution in [0.15, 0.2) is 12.1 Å². The normalized spacial score (nSPS) is 22.2. The highest BCUT2D eigenvalue weighted by Gasteiger charge is 2.33. The summed E-state index contributed by atoms with van der Waals surface area (Å²) >= 11 is 0. The van der Waals surface area contributed by atoms with Gasteiger partial charge >= 0.3 is 0 Å². The molecule has 0 aromatic carbocycles. The lowest BCUT2D eigenvalue weighted by atomic mass is 9.96. The van der Waals surface area contributed by atoms with Gasteiger partial charge in [-0.05, 0) is 38.4 Å². The monoisotopic (exact) mass is 358 g/mol. The zero-order chi connectivity index (χ0) is 18.3. The molecule has 0 aliphatic carbocycles. The summed E-state index contributed by atoms with van der Waals surface area (Å²) in [6.45, 7) is 10.4. The molecule has 7 nitrogen and oxygen atoms in total. The fraction of sp³-hybridized carbons (Fsp3) is 0.737. The molecule has 0 radical (unpaired) electrons. The molecular formula is C19H30N6O. The predicted molar refractivity (Wildman–Crippen MR) is 102 cm³/mol. The number of hydrogen-bond donors (Lipinski definition) is 0. The summed E-state index contributed by atoms with van der Waals surface area (Å²) in [6, 6.07) is 4.63. The first-order valence-corrected chi connectivity index (χ1v) is 9.71. The highest BCUT2D eigenvalue weighted by atomic mass is 16.5. The largest absolute Gasteiger partial charge is 0.377 e. The molecule has 1 atom stereocenters. The molecule has 142 valence electrons. The number of fused-ring (bicyclic) bond motifs is 1. The number of ether oxygens (including phenoxy) is 1. The summed E-state index contributed by atoms with van der Waals surface area (Å²) < 4.78 is 7.77. The maximum Gasteiger partial charge on any atom is 0.178 e. The molecule has 0 amide bonds. The van der Waals surface area contributed by atoms with Crippen molar-refractivity contribution in [2.75, 3.05) is 38.2 Å². The average molecular weight is 358 g/mol. The van der Waals surface area contributed by atoms with Crippen LogP contribution in [-0.4, -0.2) is 70.1 Å². The molecule has 1 unspecified atom stereocenters. The van der Waals surface area contributed by atoms with Crippen LogP contribution in [-0.2, 0) is 10.2 Å².